The first-order chi connectivity index (χ1) is 8.17. The van der Waals surface area contributed by atoms with E-state index in [4.69, 9.17) is 0 Å². The second-order valence-corrected chi connectivity index (χ2v) is 4.68. The molecular weight excluding hydrogens is 236 g/mol. The van der Waals surface area contributed by atoms with Crippen molar-refractivity contribution in [2.45, 2.75) is 19.4 Å². The molecule has 1 rings (SSSR count). The van der Waals surface area contributed by atoms with Crippen LogP contribution in [0.15, 0.2) is 12.4 Å². The number of hydrogen-bond donors (Lipinski definition) is 2. The van der Waals surface area contributed by atoms with Crippen molar-refractivity contribution in [3.8, 4) is 0 Å². The lowest BCUT2D eigenvalue weighted by molar-refractivity contribution is 0.0934. The maximum atomic E-state index is 11.8. The number of anilines is 1. The Hall–Kier alpha value is -1.30. The maximum Gasteiger partial charge on any atom is 0.271 e. The minimum absolute atomic E-state index is 0.148. The Kier molecular flexibility index (Phi) is 5.76. The molecular formula is C11H18N4OS. The Labute approximate surface area is 106 Å². The van der Waals surface area contributed by atoms with E-state index in [1.165, 1.54) is 6.20 Å². The van der Waals surface area contributed by atoms with Gasteiger partial charge in [0.25, 0.3) is 5.91 Å². The van der Waals surface area contributed by atoms with E-state index in [9.17, 15) is 4.79 Å². The zero-order valence-electron chi connectivity index (χ0n) is 10.4. The summed E-state index contributed by atoms with van der Waals surface area (Å²) in [5, 5.41) is 5.75. The molecule has 1 aromatic heterocycles. The molecule has 17 heavy (non-hydrogen) atoms. The average molecular weight is 254 g/mol. The van der Waals surface area contributed by atoms with Gasteiger partial charge in [-0.2, -0.15) is 11.8 Å². The van der Waals surface area contributed by atoms with Crippen molar-refractivity contribution < 1.29 is 4.79 Å². The van der Waals surface area contributed by atoms with E-state index in [2.05, 4.69) is 26.9 Å². The molecule has 6 heteroatoms. The quantitative estimate of drug-likeness (QED) is 0.803. The highest BCUT2D eigenvalue weighted by Crippen LogP contribution is 2.03. The van der Waals surface area contributed by atoms with Crippen molar-refractivity contribution in [2.24, 2.45) is 0 Å². The zero-order valence-corrected chi connectivity index (χ0v) is 11.2. The molecule has 0 aromatic carbocycles. The van der Waals surface area contributed by atoms with Crippen molar-refractivity contribution >= 4 is 23.5 Å². The molecule has 1 unspecified atom stereocenters. The first-order valence-corrected chi connectivity index (χ1v) is 6.86. The third kappa shape index (κ3) is 4.60. The number of carbonyl (C=O) groups is 1. The highest BCUT2D eigenvalue weighted by atomic mass is 32.2. The van der Waals surface area contributed by atoms with Crippen molar-refractivity contribution in [3.63, 3.8) is 0 Å². The van der Waals surface area contributed by atoms with Crippen LogP contribution in [0.4, 0.5) is 5.82 Å². The summed E-state index contributed by atoms with van der Waals surface area (Å²) < 4.78 is 0. The van der Waals surface area contributed by atoms with E-state index in [1.54, 1.807) is 25.0 Å². The van der Waals surface area contributed by atoms with Crippen LogP contribution >= 0.6 is 11.8 Å². The Balaban J connectivity index is 2.56. The van der Waals surface area contributed by atoms with Crippen LogP contribution in [0.3, 0.4) is 0 Å². The van der Waals surface area contributed by atoms with Crippen LogP contribution < -0.4 is 10.6 Å². The van der Waals surface area contributed by atoms with E-state index in [-0.39, 0.29) is 11.9 Å². The zero-order chi connectivity index (χ0) is 12.7. The molecule has 1 aromatic rings. The van der Waals surface area contributed by atoms with E-state index >= 15 is 0 Å². The van der Waals surface area contributed by atoms with Crippen LogP contribution in [0.1, 0.15) is 23.8 Å². The van der Waals surface area contributed by atoms with Gasteiger partial charge in [-0.05, 0) is 25.4 Å². The Morgan fingerprint density at radius 2 is 2.29 bits per heavy atom. The van der Waals surface area contributed by atoms with Crippen molar-refractivity contribution in [2.75, 3.05) is 24.4 Å². The summed E-state index contributed by atoms with van der Waals surface area (Å²) in [4.78, 5) is 19.9. The number of aromatic nitrogens is 2. The van der Waals surface area contributed by atoms with Gasteiger partial charge in [-0.25, -0.2) is 4.98 Å². The molecule has 94 valence electrons. The van der Waals surface area contributed by atoms with Crippen LogP contribution in [0.25, 0.3) is 0 Å². The predicted molar refractivity (Wildman–Crippen MR) is 71.5 cm³/mol. The summed E-state index contributed by atoms with van der Waals surface area (Å²) in [5.41, 5.74) is 0.341. The largest absolute Gasteiger partial charge is 0.372 e. The monoisotopic (exact) mass is 254 g/mol. The highest BCUT2D eigenvalue weighted by Gasteiger charge is 2.11. The van der Waals surface area contributed by atoms with Gasteiger partial charge in [0, 0.05) is 13.1 Å². The molecule has 0 aliphatic heterocycles. The molecule has 2 N–H and O–H groups in total. The number of rotatable bonds is 6. The standard InChI is InChI=1S/C11H18N4OS/c1-8(4-5-17-3)14-11(16)9-6-13-7-10(12-2)15-9/h6-8H,4-5H2,1-3H3,(H,12,15)(H,14,16). The smallest absolute Gasteiger partial charge is 0.271 e. The maximum absolute atomic E-state index is 11.8. The average Bonchev–Trinajstić information content (AvgIpc) is 2.36. The summed E-state index contributed by atoms with van der Waals surface area (Å²) in [7, 11) is 1.74. The van der Waals surface area contributed by atoms with Crippen LogP contribution in [-0.2, 0) is 0 Å². The van der Waals surface area contributed by atoms with E-state index in [0.717, 1.165) is 12.2 Å². The second-order valence-electron chi connectivity index (χ2n) is 3.70. The van der Waals surface area contributed by atoms with Gasteiger partial charge in [0.1, 0.15) is 11.5 Å². The number of nitrogens with zero attached hydrogens (tertiary/aromatic N) is 2. The molecule has 0 radical (unpaired) electrons. The summed E-state index contributed by atoms with van der Waals surface area (Å²) >= 11 is 1.77. The molecule has 5 nitrogen and oxygen atoms in total. The molecule has 0 saturated carbocycles. The Bertz CT molecular complexity index is 372. The third-order valence-corrected chi connectivity index (χ3v) is 2.90. The second kappa shape index (κ2) is 7.11. The lowest BCUT2D eigenvalue weighted by Crippen LogP contribution is -2.33. The molecule has 1 amide bonds. The van der Waals surface area contributed by atoms with Crippen molar-refractivity contribution in [1.29, 1.82) is 0 Å². The molecule has 1 heterocycles. The summed E-state index contributed by atoms with van der Waals surface area (Å²) in [6, 6.07) is 0.148. The predicted octanol–water partition coefficient (Wildman–Crippen LogP) is 1.39. The molecule has 1 atom stereocenters. The number of thioether (sulfide) groups is 1. The summed E-state index contributed by atoms with van der Waals surface area (Å²) in [5.74, 6) is 1.45. The molecule has 0 saturated heterocycles. The summed E-state index contributed by atoms with van der Waals surface area (Å²) in [6.45, 7) is 1.99. The molecule has 0 fully saturated rings. The van der Waals surface area contributed by atoms with Crippen molar-refractivity contribution in [3.05, 3.63) is 18.1 Å². The molecule has 0 aliphatic rings. The number of amides is 1. The van der Waals surface area contributed by atoms with Gasteiger partial charge in [0.05, 0.1) is 12.4 Å². The number of carbonyl (C=O) groups excluding carboxylic acids is 1. The number of hydrogen-bond acceptors (Lipinski definition) is 5. The fourth-order valence-corrected chi connectivity index (χ4v) is 1.85. The first-order valence-electron chi connectivity index (χ1n) is 5.47. The van der Waals surface area contributed by atoms with Crippen LogP contribution in [0, 0.1) is 0 Å². The lowest BCUT2D eigenvalue weighted by Gasteiger charge is -2.12. The topological polar surface area (TPSA) is 66.9 Å². The fraction of sp³-hybridized carbons (Fsp3) is 0.545. The minimum Gasteiger partial charge on any atom is -0.372 e. The normalized spacial score (nSPS) is 11.9. The van der Waals surface area contributed by atoms with Crippen molar-refractivity contribution in [1.82, 2.24) is 15.3 Å². The third-order valence-electron chi connectivity index (χ3n) is 2.26. The summed E-state index contributed by atoms with van der Waals surface area (Å²) in [6.07, 6.45) is 6.05. The Morgan fingerprint density at radius 1 is 1.53 bits per heavy atom. The molecule has 0 aliphatic carbocycles. The van der Waals surface area contributed by atoms with Gasteiger partial charge < -0.3 is 10.6 Å². The van der Waals surface area contributed by atoms with E-state index in [0.29, 0.717) is 11.5 Å². The molecule has 0 spiro atoms. The van der Waals surface area contributed by atoms with E-state index in [1.807, 2.05) is 6.92 Å². The van der Waals surface area contributed by atoms with E-state index < -0.39 is 0 Å². The van der Waals surface area contributed by atoms with Crippen LogP contribution in [0.2, 0.25) is 0 Å². The van der Waals surface area contributed by atoms with Gasteiger partial charge in [-0.15, -0.1) is 0 Å². The SMILES string of the molecule is CNc1cncc(C(=O)NC(C)CCSC)n1. The first kappa shape index (κ1) is 13.8. The van der Waals surface area contributed by atoms with Gasteiger partial charge in [0.2, 0.25) is 0 Å². The number of nitrogens with one attached hydrogen (secondary N) is 2. The van der Waals surface area contributed by atoms with Crippen LogP contribution in [0.5, 0.6) is 0 Å². The Morgan fingerprint density at radius 3 is 2.94 bits per heavy atom. The lowest BCUT2D eigenvalue weighted by atomic mass is 10.2. The highest BCUT2D eigenvalue weighted by molar-refractivity contribution is 7.98. The van der Waals surface area contributed by atoms with Gasteiger partial charge >= 0.3 is 0 Å². The molecule has 0 bridgehead atoms. The van der Waals surface area contributed by atoms with Gasteiger partial charge in [-0.1, -0.05) is 0 Å². The fourth-order valence-electron chi connectivity index (χ4n) is 1.26. The minimum atomic E-state index is -0.178. The van der Waals surface area contributed by atoms with Crippen LogP contribution in [-0.4, -0.2) is 41.0 Å². The van der Waals surface area contributed by atoms with Gasteiger partial charge in [-0.3, -0.25) is 9.78 Å². The van der Waals surface area contributed by atoms with Gasteiger partial charge in [0.15, 0.2) is 0 Å².